The molecule has 2 aromatic rings. The summed E-state index contributed by atoms with van der Waals surface area (Å²) in [5.41, 5.74) is 0.827. The Morgan fingerprint density at radius 3 is 3.10 bits per heavy atom. The molecule has 0 amide bonds. The molecule has 0 bridgehead atoms. The van der Waals surface area contributed by atoms with Gasteiger partial charge in [-0.25, -0.2) is 9.37 Å². The lowest BCUT2D eigenvalue weighted by molar-refractivity contribution is -0.142. The van der Waals surface area contributed by atoms with E-state index in [1.165, 1.54) is 29.5 Å². The Labute approximate surface area is 124 Å². The number of carbonyl (C=O) groups is 1. The third kappa shape index (κ3) is 3.91. The highest BCUT2D eigenvalue weighted by Gasteiger charge is 2.10. The van der Waals surface area contributed by atoms with Crippen LogP contribution in [0.1, 0.15) is 12.6 Å². The van der Waals surface area contributed by atoms with Gasteiger partial charge in [0.2, 0.25) is 0 Å². The summed E-state index contributed by atoms with van der Waals surface area (Å²) in [6.45, 7) is 2.08. The Balaban J connectivity index is 2.06. The summed E-state index contributed by atoms with van der Waals surface area (Å²) in [5.74, 6) is -0.755. The summed E-state index contributed by atoms with van der Waals surface area (Å²) < 4.78 is 18.4. The van der Waals surface area contributed by atoms with Crippen LogP contribution in [-0.4, -0.2) is 17.6 Å². The van der Waals surface area contributed by atoms with Crippen molar-refractivity contribution >= 4 is 39.7 Å². The van der Waals surface area contributed by atoms with Gasteiger partial charge in [-0.2, -0.15) is 0 Å². The number of thiazole rings is 1. The standard InChI is InChI=1S/C13H12ClFN2O2S/c1-2-19-12(18)6-9-7-20-13(16-9)17-11-5-8(14)3-4-10(11)15/h3-5,7H,2,6H2,1H3,(H,16,17). The number of rotatable bonds is 5. The molecule has 0 unspecified atom stereocenters. The van der Waals surface area contributed by atoms with Crippen LogP contribution >= 0.6 is 22.9 Å². The molecular weight excluding hydrogens is 303 g/mol. The Kier molecular flexibility index (Phi) is 4.92. The first kappa shape index (κ1) is 14.7. The fraction of sp³-hybridized carbons (Fsp3) is 0.231. The van der Waals surface area contributed by atoms with Crippen LogP contribution in [0.25, 0.3) is 0 Å². The predicted octanol–water partition coefficient (Wildman–Crippen LogP) is 3.78. The van der Waals surface area contributed by atoms with Gasteiger partial charge in [0, 0.05) is 10.4 Å². The van der Waals surface area contributed by atoms with Gasteiger partial charge in [0.1, 0.15) is 5.82 Å². The number of benzene rings is 1. The average Bonchev–Trinajstić information content (AvgIpc) is 2.81. The van der Waals surface area contributed by atoms with E-state index >= 15 is 0 Å². The molecule has 0 radical (unpaired) electrons. The molecule has 106 valence electrons. The van der Waals surface area contributed by atoms with E-state index in [4.69, 9.17) is 16.3 Å². The molecule has 0 saturated heterocycles. The van der Waals surface area contributed by atoms with Crippen molar-refractivity contribution in [3.63, 3.8) is 0 Å². The van der Waals surface area contributed by atoms with E-state index in [2.05, 4.69) is 10.3 Å². The molecule has 7 heteroatoms. The normalized spacial score (nSPS) is 10.3. The second-order valence-corrected chi connectivity index (χ2v) is 5.17. The molecule has 0 atom stereocenters. The zero-order valence-corrected chi connectivity index (χ0v) is 12.2. The van der Waals surface area contributed by atoms with Crippen LogP contribution in [0, 0.1) is 5.82 Å². The highest BCUT2D eigenvalue weighted by atomic mass is 35.5. The lowest BCUT2D eigenvalue weighted by Crippen LogP contribution is -2.07. The maximum absolute atomic E-state index is 13.6. The number of ether oxygens (including phenoxy) is 1. The Morgan fingerprint density at radius 2 is 2.35 bits per heavy atom. The number of aromatic nitrogens is 1. The van der Waals surface area contributed by atoms with Crippen LogP contribution in [0.4, 0.5) is 15.2 Å². The molecule has 20 heavy (non-hydrogen) atoms. The SMILES string of the molecule is CCOC(=O)Cc1csc(Nc2cc(Cl)ccc2F)n1. The highest BCUT2D eigenvalue weighted by molar-refractivity contribution is 7.13. The van der Waals surface area contributed by atoms with Crippen LogP contribution in [-0.2, 0) is 16.0 Å². The van der Waals surface area contributed by atoms with Crippen LogP contribution in [0.3, 0.4) is 0 Å². The van der Waals surface area contributed by atoms with Crippen molar-refractivity contribution < 1.29 is 13.9 Å². The average molecular weight is 315 g/mol. The predicted molar refractivity (Wildman–Crippen MR) is 77.1 cm³/mol. The van der Waals surface area contributed by atoms with Crippen LogP contribution in [0.15, 0.2) is 23.6 Å². The van der Waals surface area contributed by atoms with Crippen molar-refractivity contribution in [2.24, 2.45) is 0 Å². The van der Waals surface area contributed by atoms with Gasteiger partial charge in [0.05, 0.1) is 24.4 Å². The Bertz CT molecular complexity index is 618. The highest BCUT2D eigenvalue weighted by Crippen LogP contribution is 2.25. The molecule has 1 aromatic heterocycles. The summed E-state index contributed by atoms with van der Waals surface area (Å²) in [6.07, 6.45) is 0.101. The minimum Gasteiger partial charge on any atom is -0.466 e. The summed E-state index contributed by atoms with van der Waals surface area (Å²) >= 11 is 7.09. The molecule has 0 saturated carbocycles. The van der Waals surface area contributed by atoms with Gasteiger partial charge in [0.25, 0.3) is 0 Å². The first-order chi connectivity index (χ1) is 9.58. The van der Waals surface area contributed by atoms with E-state index in [1.807, 2.05) is 0 Å². The van der Waals surface area contributed by atoms with Crippen LogP contribution < -0.4 is 5.32 Å². The van der Waals surface area contributed by atoms with Gasteiger partial charge < -0.3 is 10.1 Å². The molecule has 0 spiro atoms. The summed E-state index contributed by atoms with van der Waals surface area (Å²) in [7, 11) is 0. The van der Waals surface area contributed by atoms with Gasteiger partial charge in [-0.1, -0.05) is 11.6 Å². The van der Waals surface area contributed by atoms with E-state index in [1.54, 1.807) is 12.3 Å². The van der Waals surface area contributed by atoms with E-state index in [9.17, 15) is 9.18 Å². The van der Waals surface area contributed by atoms with Crippen LogP contribution in [0.5, 0.6) is 0 Å². The maximum atomic E-state index is 13.6. The summed E-state index contributed by atoms with van der Waals surface area (Å²) in [6, 6.07) is 4.22. The van der Waals surface area contributed by atoms with Crippen molar-refractivity contribution in [1.82, 2.24) is 4.98 Å². The Hall–Kier alpha value is -1.66. The van der Waals surface area contributed by atoms with Crippen molar-refractivity contribution in [3.8, 4) is 0 Å². The number of hydrogen-bond acceptors (Lipinski definition) is 5. The fourth-order valence-electron chi connectivity index (χ4n) is 1.51. The topological polar surface area (TPSA) is 51.2 Å². The number of nitrogens with one attached hydrogen (secondary N) is 1. The fourth-order valence-corrected chi connectivity index (χ4v) is 2.41. The largest absolute Gasteiger partial charge is 0.466 e. The number of halogens is 2. The zero-order chi connectivity index (χ0) is 14.5. The second-order valence-electron chi connectivity index (χ2n) is 3.87. The minimum atomic E-state index is -0.420. The number of hydrogen-bond donors (Lipinski definition) is 1. The first-order valence-electron chi connectivity index (χ1n) is 5.90. The summed E-state index contributed by atoms with van der Waals surface area (Å²) in [4.78, 5) is 15.5. The number of carbonyl (C=O) groups excluding carboxylic acids is 1. The molecule has 1 N–H and O–H groups in total. The molecular formula is C13H12ClFN2O2S. The monoisotopic (exact) mass is 314 g/mol. The van der Waals surface area contributed by atoms with E-state index < -0.39 is 5.82 Å². The van der Waals surface area contributed by atoms with Gasteiger partial charge in [-0.05, 0) is 25.1 Å². The Morgan fingerprint density at radius 1 is 1.55 bits per heavy atom. The van der Waals surface area contributed by atoms with Gasteiger partial charge in [-0.15, -0.1) is 11.3 Å². The van der Waals surface area contributed by atoms with Crippen molar-refractivity contribution in [2.75, 3.05) is 11.9 Å². The summed E-state index contributed by atoms with van der Waals surface area (Å²) in [5, 5.41) is 5.48. The maximum Gasteiger partial charge on any atom is 0.311 e. The van der Waals surface area contributed by atoms with Crippen molar-refractivity contribution in [3.05, 3.63) is 40.1 Å². The molecule has 0 aliphatic carbocycles. The zero-order valence-electron chi connectivity index (χ0n) is 10.7. The van der Waals surface area contributed by atoms with E-state index in [0.717, 1.165) is 0 Å². The minimum absolute atomic E-state index is 0.101. The van der Waals surface area contributed by atoms with Crippen molar-refractivity contribution in [2.45, 2.75) is 13.3 Å². The quantitative estimate of drug-likeness (QED) is 0.853. The third-order valence-corrected chi connectivity index (χ3v) is 3.39. The molecule has 4 nitrogen and oxygen atoms in total. The van der Waals surface area contributed by atoms with Gasteiger partial charge >= 0.3 is 5.97 Å². The molecule has 2 rings (SSSR count). The van der Waals surface area contributed by atoms with E-state index in [0.29, 0.717) is 22.5 Å². The molecule has 0 aliphatic heterocycles. The van der Waals surface area contributed by atoms with Crippen LogP contribution in [0.2, 0.25) is 5.02 Å². The van der Waals surface area contributed by atoms with E-state index in [-0.39, 0.29) is 18.1 Å². The van der Waals surface area contributed by atoms with Gasteiger partial charge in [0.15, 0.2) is 5.13 Å². The van der Waals surface area contributed by atoms with Gasteiger partial charge in [-0.3, -0.25) is 4.79 Å². The number of anilines is 2. The van der Waals surface area contributed by atoms with Crippen molar-refractivity contribution in [1.29, 1.82) is 0 Å². The molecule has 1 heterocycles. The number of nitrogens with zero attached hydrogens (tertiary/aromatic N) is 1. The first-order valence-corrected chi connectivity index (χ1v) is 7.16. The molecule has 1 aromatic carbocycles. The third-order valence-electron chi connectivity index (χ3n) is 2.35. The lowest BCUT2D eigenvalue weighted by Gasteiger charge is -2.04. The lowest BCUT2D eigenvalue weighted by atomic mass is 10.3. The molecule has 0 aliphatic rings. The second kappa shape index (κ2) is 6.67. The molecule has 0 fully saturated rings. The number of esters is 1. The smallest absolute Gasteiger partial charge is 0.311 e.